The minimum Gasteiger partial charge on any atom is -0.0604 e. The van der Waals surface area contributed by atoms with E-state index in [9.17, 15) is 0 Å². The Labute approximate surface area is 71.6 Å². The Morgan fingerprint density at radius 2 is 0.667 bits per heavy atom. The lowest BCUT2D eigenvalue weighted by Gasteiger charge is -1.60. The molecule has 1 aliphatic carbocycles. The maximum Gasteiger partial charge on any atom is 0.0390 e. The number of rotatable bonds is 0. The Bertz CT molecular complexity index is 380. The van der Waals surface area contributed by atoms with Crippen LogP contribution >= 0.6 is 0 Å². The molecule has 0 atom stereocenters. The molecular weight excluding hydrogens is 144 g/mol. The predicted molar refractivity (Wildman–Crippen MR) is 47.9 cm³/mol. The lowest BCUT2D eigenvalue weighted by Crippen LogP contribution is -1.48. The highest BCUT2D eigenvalue weighted by Crippen LogP contribution is 1.69. The highest BCUT2D eigenvalue weighted by Gasteiger charge is 1.56. The molecule has 1 aliphatic rings. The molecule has 0 radical (unpaired) electrons. The molecule has 0 spiro atoms. The van der Waals surface area contributed by atoms with E-state index in [1.54, 1.807) is 24.3 Å². The summed E-state index contributed by atoms with van der Waals surface area (Å²) in [6.07, 6.45) is 6.28. The van der Waals surface area contributed by atoms with Crippen molar-refractivity contribution in [3.8, 4) is 23.7 Å². The summed E-state index contributed by atoms with van der Waals surface area (Å²) < 4.78 is 0. The second kappa shape index (κ2) is 5.50. The zero-order valence-corrected chi connectivity index (χ0v) is 6.31. The van der Waals surface area contributed by atoms with Crippen LogP contribution in [-0.2, 0) is 0 Å². The highest BCUT2D eigenvalue weighted by atomic mass is 13.6. The quantitative estimate of drug-likeness (QED) is 0.362. The van der Waals surface area contributed by atoms with E-state index >= 15 is 0 Å². The second-order valence-corrected chi connectivity index (χ2v) is 1.73. The van der Waals surface area contributed by atoms with E-state index in [1.165, 1.54) is 0 Å². The van der Waals surface area contributed by atoms with E-state index in [-0.39, 0.29) is 0 Å². The van der Waals surface area contributed by atoms with Crippen molar-refractivity contribution >= 4 is 0 Å². The molecule has 0 fully saturated rings. The Morgan fingerprint density at radius 3 is 0.917 bits per heavy atom. The zero-order chi connectivity index (χ0) is 8.49. The summed E-state index contributed by atoms with van der Waals surface area (Å²) in [4.78, 5) is 0. The van der Waals surface area contributed by atoms with Gasteiger partial charge >= 0.3 is 0 Å². The van der Waals surface area contributed by atoms with Crippen LogP contribution in [0.1, 0.15) is 0 Å². The Kier molecular flexibility index (Phi) is 3.59. The van der Waals surface area contributed by atoms with Gasteiger partial charge in [0, 0.05) is 24.3 Å². The predicted octanol–water partition coefficient (Wildman–Crippen LogP) is 1.74. The summed E-state index contributed by atoms with van der Waals surface area (Å²) in [6, 6.07) is 0. The van der Waals surface area contributed by atoms with Crippen LogP contribution in [0.4, 0.5) is 0 Å². The van der Waals surface area contributed by atoms with Gasteiger partial charge in [0.1, 0.15) is 0 Å². The van der Waals surface area contributed by atoms with Gasteiger partial charge in [-0.2, -0.15) is 0 Å². The van der Waals surface area contributed by atoms with Crippen molar-refractivity contribution in [1.82, 2.24) is 0 Å². The van der Waals surface area contributed by atoms with Crippen molar-refractivity contribution in [2.75, 3.05) is 0 Å². The molecule has 0 amide bonds. The van der Waals surface area contributed by atoms with Crippen molar-refractivity contribution in [3.63, 3.8) is 0 Å². The van der Waals surface area contributed by atoms with Gasteiger partial charge in [-0.25, -0.2) is 0 Å². The third-order valence-electron chi connectivity index (χ3n) is 0.911. The number of hydrogen-bond donors (Lipinski definition) is 0. The molecule has 0 saturated carbocycles. The summed E-state index contributed by atoms with van der Waals surface area (Å²) in [7, 11) is 0. The number of allylic oxidation sites excluding steroid dienone is 4. The first kappa shape index (κ1) is 7.82. The Hall–Kier alpha value is -2.28. The summed E-state index contributed by atoms with van der Waals surface area (Å²) in [5.41, 5.74) is 10.9. The highest BCUT2D eigenvalue weighted by molar-refractivity contribution is 5.27. The fourth-order valence-corrected chi connectivity index (χ4v) is 0.478. The van der Waals surface area contributed by atoms with E-state index < -0.39 is 0 Å². The molecule has 52 valence electrons. The minimum atomic E-state index is 1.57. The van der Waals surface area contributed by atoms with Crippen LogP contribution in [0.2, 0.25) is 0 Å². The van der Waals surface area contributed by atoms with Gasteiger partial charge in [-0.15, -0.1) is 0 Å². The van der Waals surface area contributed by atoms with Crippen LogP contribution in [0.25, 0.3) is 0 Å². The van der Waals surface area contributed by atoms with Crippen LogP contribution < -0.4 is 0 Å². The SMILES string of the molecule is C1=C=CC#CC=C=C=CC#CC=1. The normalized spacial score (nSPS) is 10.7. The van der Waals surface area contributed by atoms with Gasteiger partial charge in [-0.1, -0.05) is 46.6 Å². The average Bonchev–Trinajstić information content (AvgIpc) is 2.05. The van der Waals surface area contributed by atoms with Gasteiger partial charge in [0.15, 0.2) is 0 Å². The van der Waals surface area contributed by atoms with E-state index in [4.69, 9.17) is 0 Å². The van der Waals surface area contributed by atoms with Crippen molar-refractivity contribution in [2.24, 2.45) is 0 Å². The molecule has 0 heterocycles. The Morgan fingerprint density at radius 1 is 0.417 bits per heavy atom. The molecule has 12 heavy (non-hydrogen) atoms. The van der Waals surface area contributed by atoms with Crippen molar-refractivity contribution < 1.29 is 0 Å². The van der Waals surface area contributed by atoms with E-state index in [2.05, 4.69) is 46.6 Å². The lowest BCUT2D eigenvalue weighted by atomic mass is 10.4. The van der Waals surface area contributed by atoms with Crippen LogP contribution in [-0.4, -0.2) is 0 Å². The molecule has 0 nitrogen and oxygen atoms in total. The van der Waals surface area contributed by atoms with Crippen molar-refractivity contribution in [2.45, 2.75) is 0 Å². The summed E-state index contributed by atoms with van der Waals surface area (Å²) in [5.74, 6) is 10.9. The fraction of sp³-hybridized carbons (Fsp3) is 0. The maximum atomic E-state index is 2.71. The van der Waals surface area contributed by atoms with Gasteiger partial charge in [-0.05, 0) is 0 Å². The van der Waals surface area contributed by atoms with E-state index in [0.29, 0.717) is 0 Å². The van der Waals surface area contributed by atoms with Gasteiger partial charge in [0.25, 0.3) is 0 Å². The van der Waals surface area contributed by atoms with Crippen LogP contribution in [0.15, 0.2) is 47.2 Å². The molecule has 0 aromatic carbocycles. The third-order valence-corrected chi connectivity index (χ3v) is 0.911. The summed E-state index contributed by atoms with van der Waals surface area (Å²) >= 11 is 0. The summed E-state index contributed by atoms with van der Waals surface area (Å²) in [6.45, 7) is 0. The van der Waals surface area contributed by atoms with E-state index in [1.807, 2.05) is 0 Å². The van der Waals surface area contributed by atoms with Crippen LogP contribution in [0.5, 0.6) is 0 Å². The molecule has 0 saturated heterocycles. The largest absolute Gasteiger partial charge is 0.0604 e. The molecule has 0 aliphatic heterocycles. The fourth-order valence-electron chi connectivity index (χ4n) is 0.478. The third kappa shape index (κ3) is 3.69. The molecule has 0 unspecified atom stereocenters. The van der Waals surface area contributed by atoms with Gasteiger partial charge in [-0.3, -0.25) is 0 Å². The summed E-state index contributed by atoms with van der Waals surface area (Å²) in [5, 5.41) is 0. The maximum absolute atomic E-state index is 2.71. The smallest absolute Gasteiger partial charge is 0.0390 e. The minimum absolute atomic E-state index is 1.57. The first-order chi connectivity index (χ1) is 6.00. The van der Waals surface area contributed by atoms with Crippen molar-refractivity contribution in [3.05, 3.63) is 47.2 Å². The van der Waals surface area contributed by atoms with E-state index in [0.717, 1.165) is 0 Å². The zero-order valence-electron chi connectivity index (χ0n) is 6.31. The topological polar surface area (TPSA) is 0 Å². The van der Waals surface area contributed by atoms with Gasteiger partial charge in [0.2, 0.25) is 0 Å². The Balaban J connectivity index is 3.13. The lowest BCUT2D eigenvalue weighted by molar-refractivity contribution is 2.05. The standard InChI is InChI=1S/C12H4/c1-2-4-6-8-10-12-11-9-7-5-3-1/h1,6-7,12H. The first-order valence-corrected chi connectivity index (χ1v) is 3.31. The molecule has 0 aromatic heterocycles. The molecule has 1 rings (SSSR count). The molecule has 0 aromatic rings. The molecule has 0 heteroatoms. The molecule has 0 bridgehead atoms. The van der Waals surface area contributed by atoms with Gasteiger partial charge < -0.3 is 0 Å². The second-order valence-electron chi connectivity index (χ2n) is 1.73. The number of hydrogen-bond acceptors (Lipinski definition) is 0. The van der Waals surface area contributed by atoms with Crippen LogP contribution in [0, 0.1) is 23.7 Å². The molecule has 0 N–H and O–H groups in total. The van der Waals surface area contributed by atoms with Crippen molar-refractivity contribution in [1.29, 1.82) is 0 Å². The first-order valence-electron chi connectivity index (χ1n) is 3.31. The van der Waals surface area contributed by atoms with Crippen LogP contribution in [0.3, 0.4) is 0 Å². The van der Waals surface area contributed by atoms with Gasteiger partial charge in [0.05, 0.1) is 0 Å². The molecular formula is C12H4. The average molecular weight is 148 g/mol. The monoisotopic (exact) mass is 148 g/mol.